The van der Waals surface area contributed by atoms with Gasteiger partial charge in [-0.1, -0.05) is 63.3 Å². The zero-order chi connectivity index (χ0) is 18.1. The predicted molar refractivity (Wildman–Crippen MR) is 99.7 cm³/mol. The number of hydrogen-bond donors (Lipinski definition) is 0. The van der Waals surface area contributed by atoms with E-state index < -0.39 is 6.04 Å². The first-order chi connectivity index (χ1) is 12.2. The molecule has 0 spiro atoms. The molecule has 1 amide bonds. The lowest BCUT2D eigenvalue weighted by molar-refractivity contribution is -0.153. The van der Waals surface area contributed by atoms with Crippen LogP contribution in [0.15, 0.2) is 30.5 Å². The number of carbonyl (C=O) groups excluding carboxylic acids is 2. The minimum atomic E-state index is -0.672. The maximum Gasteiger partial charge on any atom is 0.333 e. The van der Waals surface area contributed by atoms with Gasteiger partial charge in [-0.05, 0) is 30.5 Å². The number of hydrogen-bond acceptors (Lipinski definition) is 3. The summed E-state index contributed by atoms with van der Waals surface area (Å²) in [5.74, 6) is -0.380. The van der Waals surface area contributed by atoms with Gasteiger partial charge in [0.05, 0.1) is 6.61 Å². The van der Waals surface area contributed by atoms with Crippen molar-refractivity contribution in [3.8, 4) is 0 Å². The summed E-state index contributed by atoms with van der Waals surface area (Å²) in [6, 6.07) is 6.99. The number of fused-ring (bicyclic) bond motifs is 1. The van der Waals surface area contributed by atoms with Gasteiger partial charge in [-0.3, -0.25) is 4.79 Å². The fourth-order valence-corrected chi connectivity index (χ4v) is 3.18. The van der Waals surface area contributed by atoms with Gasteiger partial charge in [0.1, 0.15) is 0 Å². The van der Waals surface area contributed by atoms with Crippen molar-refractivity contribution in [1.29, 1.82) is 0 Å². The largest absolute Gasteiger partial charge is 0.464 e. The highest BCUT2D eigenvalue weighted by Crippen LogP contribution is 2.32. The van der Waals surface area contributed by atoms with E-state index in [9.17, 15) is 9.59 Å². The minimum Gasteiger partial charge on any atom is -0.464 e. The molecule has 0 fully saturated rings. The Labute approximate surface area is 150 Å². The number of amides is 1. The molecule has 0 saturated heterocycles. The number of ether oxygens (including phenoxy) is 1. The maximum atomic E-state index is 12.7. The van der Waals surface area contributed by atoms with Gasteiger partial charge < -0.3 is 9.64 Å². The van der Waals surface area contributed by atoms with E-state index in [1.807, 2.05) is 30.3 Å². The van der Waals surface area contributed by atoms with Crippen LogP contribution in [0.2, 0.25) is 0 Å². The van der Waals surface area contributed by atoms with Crippen molar-refractivity contribution in [2.75, 3.05) is 6.61 Å². The summed E-state index contributed by atoms with van der Waals surface area (Å²) in [7, 11) is 0. The maximum absolute atomic E-state index is 12.7. The van der Waals surface area contributed by atoms with Crippen LogP contribution in [0.5, 0.6) is 0 Å². The molecule has 0 N–H and O–H groups in total. The molecular weight excluding hydrogens is 314 g/mol. The summed E-state index contributed by atoms with van der Waals surface area (Å²) >= 11 is 0. The van der Waals surface area contributed by atoms with Gasteiger partial charge in [-0.2, -0.15) is 0 Å². The molecule has 1 aromatic rings. The van der Waals surface area contributed by atoms with Crippen LogP contribution in [0, 0.1) is 0 Å². The Morgan fingerprint density at radius 2 is 1.76 bits per heavy atom. The highest BCUT2D eigenvalue weighted by atomic mass is 16.5. The molecule has 0 aromatic heterocycles. The average Bonchev–Trinajstić information content (AvgIpc) is 2.63. The third-order valence-corrected chi connectivity index (χ3v) is 4.53. The lowest BCUT2D eigenvalue weighted by Gasteiger charge is -2.31. The zero-order valence-electron chi connectivity index (χ0n) is 15.4. The zero-order valence-corrected chi connectivity index (χ0v) is 15.4. The summed E-state index contributed by atoms with van der Waals surface area (Å²) in [5.41, 5.74) is 1.80. The molecule has 0 aliphatic carbocycles. The Kier molecular flexibility index (Phi) is 7.71. The first-order valence-corrected chi connectivity index (χ1v) is 9.44. The first kappa shape index (κ1) is 19.2. The number of unbranched alkanes of at least 4 members (excludes halogenated alkanes) is 5. The molecule has 2 rings (SSSR count). The van der Waals surface area contributed by atoms with Crippen LogP contribution >= 0.6 is 0 Å². The molecule has 0 saturated carbocycles. The number of carbonyl (C=O) groups is 2. The van der Waals surface area contributed by atoms with Gasteiger partial charge in [0, 0.05) is 12.6 Å². The number of esters is 1. The van der Waals surface area contributed by atoms with Gasteiger partial charge in [-0.15, -0.1) is 0 Å². The van der Waals surface area contributed by atoms with Crippen molar-refractivity contribution in [2.24, 2.45) is 0 Å². The van der Waals surface area contributed by atoms with E-state index in [0.717, 1.165) is 24.0 Å². The molecule has 1 aromatic carbocycles. The van der Waals surface area contributed by atoms with Gasteiger partial charge in [-0.25, -0.2) is 4.79 Å². The molecular formula is C21H29NO3. The van der Waals surface area contributed by atoms with Crippen molar-refractivity contribution in [3.63, 3.8) is 0 Å². The van der Waals surface area contributed by atoms with Crippen LogP contribution in [0.1, 0.15) is 76.0 Å². The Morgan fingerprint density at radius 3 is 2.52 bits per heavy atom. The second-order valence-corrected chi connectivity index (χ2v) is 6.42. The molecule has 1 heterocycles. The molecule has 4 heteroatoms. The molecule has 0 bridgehead atoms. The standard InChI is InChI=1S/C21H29NO3/c1-3-5-6-7-8-9-14-19(23)22-16-15-17-12-10-11-13-18(17)20(22)21(24)25-4-2/h10-13,15-16,20H,3-9,14H2,1-2H3. The Balaban J connectivity index is 2.02. The molecule has 1 aliphatic heterocycles. The van der Waals surface area contributed by atoms with E-state index >= 15 is 0 Å². The summed E-state index contributed by atoms with van der Waals surface area (Å²) in [6.07, 6.45) is 10.9. The van der Waals surface area contributed by atoms with E-state index in [1.54, 1.807) is 18.0 Å². The van der Waals surface area contributed by atoms with Crippen LogP contribution in [0.4, 0.5) is 0 Å². The van der Waals surface area contributed by atoms with E-state index in [1.165, 1.54) is 25.7 Å². The molecule has 136 valence electrons. The van der Waals surface area contributed by atoms with Crippen molar-refractivity contribution in [1.82, 2.24) is 4.90 Å². The second kappa shape index (κ2) is 10.0. The van der Waals surface area contributed by atoms with Crippen molar-refractivity contribution >= 4 is 18.0 Å². The SMILES string of the molecule is CCCCCCCCC(=O)N1C=Cc2ccccc2C1C(=O)OCC. The van der Waals surface area contributed by atoms with E-state index in [2.05, 4.69) is 6.92 Å². The first-order valence-electron chi connectivity index (χ1n) is 9.44. The lowest BCUT2D eigenvalue weighted by atomic mass is 9.95. The molecule has 25 heavy (non-hydrogen) atoms. The molecule has 1 unspecified atom stereocenters. The highest BCUT2D eigenvalue weighted by molar-refractivity contribution is 5.89. The van der Waals surface area contributed by atoms with E-state index in [4.69, 9.17) is 4.74 Å². The average molecular weight is 343 g/mol. The third kappa shape index (κ3) is 5.18. The van der Waals surface area contributed by atoms with Crippen LogP contribution in [-0.2, 0) is 14.3 Å². The molecule has 4 nitrogen and oxygen atoms in total. The Hall–Kier alpha value is -2.10. The number of nitrogens with zero attached hydrogens (tertiary/aromatic N) is 1. The van der Waals surface area contributed by atoms with Gasteiger partial charge in [0.25, 0.3) is 0 Å². The summed E-state index contributed by atoms with van der Waals surface area (Å²) < 4.78 is 5.22. The fourth-order valence-electron chi connectivity index (χ4n) is 3.18. The van der Waals surface area contributed by atoms with Crippen molar-refractivity contribution < 1.29 is 14.3 Å². The van der Waals surface area contributed by atoms with Crippen LogP contribution < -0.4 is 0 Å². The molecule has 1 atom stereocenters. The fraction of sp³-hybridized carbons (Fsp3) is 0.524. The van der Waals surface area contributed by atoms with Gasteiger partial charge >= 0.3 is 5.97 Å². The smallest absolute Gasteiger partial charge is 0.333 e. The summed E-state index contributed by atoms with van der Waals surface area (Å²) in [6.45, 7) is 4.28. The quantitative estimate of drug-likeness (QED) is 0.475. The van der Waals surface area contributed by atoms with Crippen LogP contribution in [-0.4, -0.2) is 23.4 Å². The minimum absolute atomic E-state index is 0.0145. The van der Waals surface area contributed by atoms with Crippen LogP contribution in [0.25, 0.3) is 6.08 Å². The predicted octanol–water partition coefficient (Wildman–Crippen LogP) is 4.85. The summed E-state index contributed by atoms with van der Waals surface area (Å²) in [5, 5.41) is 0. The highest BCUT2D eigenvalue weighted by Gasteiger charge is 2.34. The topological polar surface area (TPSA) is 46.6 Å². The second-order valence-electron chi connectivity index (χ2n) is 6.42. The Morgan fingerprint density at radius 1 is 1.04 bits per heavy atom. The Bertz CT molecular complexity index is 609. The van der Waals surface area contributed by atoms with Crippen molar-refractivity contribution in [2.45, 2.75) is 64.8 Å². The van der Waals surface area contributed by atoms with Crippen LogP contribution in [0.3, 0.4) is 0 Å². The lowest BCUT2D eigenvalue weighted by Crippen LogP contribution is -2.37. The van der Waals surface area contributed by atoms with Gasteiger partial charge in [0.15, 0.2) is 6.04 Å². The third-order valence-electron chi connectivity index (χ3n) is 4.53. The van der Waals surface area contributed by atoms with Gasteiger partial charge in [0.2, 0.25) is 5.91 Å². The number of rotatable bonds is 9. The summed E-state index contributed by atoms with van der Waals surface area (Å²) in [4.78, 5) is 26.7. The molecule has 1 aliphatic rings. The number of benzene rings is 1. The normalized spacial score (nSPS) is 15.8. The van der Waals surface area contributed by atoms with E-state index in [0.29, 0.717) is 13.0 Å². The van der Waals surface area contributed by atoms with E-state index in [-0.39, 0.29) is 11.9 Å². The van der Waals surface area contributed by atoms with Crippen molar-refractivity contribution in [3.05, 3.63) is 41.6 Å². The monoisotopic (exact) mass is 343 g/mol. The molecule has 0 radical (unpaired) electrons.